The Balaban J connectivity index is 2.14. The van der Waals surface area contributed by atoms with Crippen LogP contribution in [0.25, 0.3) is 6.08 Å². The minimum absolute atomic E-state index is 0.00652. The molecule has 2 aromatic rings. The van der Waals surface area contributed by atoms with Crippen molar-refractivity contribution in [2.45, 2.75) is 13.3 Å². The van der Waals surface area contributed by atoms with Gasteiger partial charge in [-0.2, -0.15) is 0 Å². The number of carbonyl (C=O) groups excluding carboxylic acids is 1. The number of aryl methyl sites for hydroxylation is 1. The second-order valence-electron chi connectivity index (χ2n) is 4.27. The smallest absolute Gasteiger partial charge is 0.186 e. The van der Waals surface area contributed by atoms with Gasteiger partial charge in [0.25, 0.3) is 0 Å². The van der Waals surface area contributed by atoms with Gasteiger partial charge < -0.3 is 0 Å². The fourth-order valence-corrected chi connectivity index (χ4v) is 2.27. The summed E-state index contributed by atoms with van der Waals surface area (Å²) >= 11 is 3.39. The van der Waals surface area contributed by atoms with Gasteiger partial charge in [-0.1, -0.05) is 65.3 Å². The van der Waals surface area contributed by atoms with E-state index in [2.05, 4.69) is 35.0 Å². The highest BCUT2D eigenvalue weighted by molar-refractivity contribution is 9.10. The van der Waals surface area contributed by atoms with Crippen LogP contribution in [0.2, 0.25) is 0 Å². The summed E-state index contributed by atoms with van der Waals surface area (Å²) in [5.41, 5.74) is 3.02. The third-order valence-corrected chi connectivity index (χ3v) is 3.65. The fourth-order valence-electron chi connectivity index (χ4n) is 1.79. The molecule has 0 radical (unpaired) electrons. The molecule has 0 aromatic heterocycles. The van der Waals surface area contributed by atoms with Crippen LogP contribution in [0.3, 0.4) is 0 Å². The van der Waals surface area contributed by atoms with E-state index in [1.165, 1.54) is 5.56 Å². The molecule has 0 amide bonds. The fraction of sp³-hybridized carbons (Fsp3) is 0.118. The Morgan fingerprint density at radius 3 is 2.42 bits per heavy atom. The maximum Gasteiger partial charge on any atom is 0.186 e. The third kappa shape index (κ3) is 3.65. The maximum absolute atomic E-state index is 12.0. The van der Waals surface area contributed by atoms with Gasteiger partial charge in [0, 0.05) is 10.0 Å². The van der Waals surface area contributed by atoms with Gasteiger partial charge in [-0.15, -0.1) is 0 Å². The molecule has 19 heavy (non-hydrogen) atoms. The molecule has 0 fully saturated rings. The van der Waals surface area contributed by atoms with Gasteiger partial charge in [0.05, 0.1) is 0 Å². The second kappa shape index (κ2) is 6.48. The van der Waals surface area contributed by atoms with Gasteiger partial charge >= 0.3 is 0 Å². The van der Waals surface area contributed by atoms with Crippen LogP contribution in [0.15, 0.2) is 59.1 Å². The number of rotatable bonds is 4. The molecular formula is C17H15BrO. The molecule has 0 aliphatic heterocycles. The number of hydrogen-bond donors (Lipinski definition) is 0. The SMILES string of the molecule is CCc1ccc(/C=C/C(=O)c2ccccc2Br)cc1. The topological polar surface area (TPSA) is 17.1 Å². The van der Waals surface area contributed by atoms with E-state index < -0.39 is 0 Å². The molecule has 96 valence electrons. The van der Waals surface area contributed by atoms with E-state index in [4.69, 9.17) is 0 Å². The molecule has 2 aromatic carbocycles. The van der Waals surface area contributed by atoms with E-state index in [1.807, 2.05) is 42.5 Å². The van der Waals surface area contributed by atoms with Crippen LogP contribution in [0, 0.1) is 0 Å². The van der Waals surface area contributed by atoms with E-state index in [-0.39, 0.29) is 5.78 Å². The van der Waals surface area contributed by atoms with Gasteiger partial charge in [-0.05, 0) is 35.8 Å². The first kappa shape index (κ1) is 13.8. The summed E-state index contributed by atoms with van der Waals surface area (Å²) in [5, 5.41) is 0. The summed E-state index contributed by atoms with van der Waals surface area (Å²) in [7, 11) is 0. The van der Waals surface area contributed by atoms with Gasteiger partial charge in [0.1, 0.15) is 0 Å². The van der Waals surface area contributed by atoms with Crippen LogP contribution in [-0.2, 0) is 6.42 Å². The maximum atomic E-state index is 12.0. The van der Waals surface area contributed by atoms with Crippen LogP contribution < -0.4 is 0 Å². The number of hydrogen-bond acceptors (Lipinski definition) is 1. The summed E-state index contributed by atoms with van der Waals surface area (Å²) in [6.07, 6.45) is 4.49. The predicted molar refractivity (Wildman–Crippen MR) is 83.3 cm³/mol. The largest absolute Gasteiger partial charge is 0.289 e. The van der Waals surface area contributed by atoms with Crippen LogP contribution in [0.1, 0.15) is 28.4 Å². The Kier molecular flexibility index (Phi) is 4.69. The quantitative estimate of drug-likeness (QED) is 0.579. The number of allylic oxidation sites excluding steroid dienone is 1. The van der Waals surface area contributed by atoms with Gasteiger partial charge in [0.2, 0.25) is 0 Å². The van der Waals surface area contributed by atoms with E-state index in [0.29, 0.717) is 5.56 Å². The Bertz CT molecular complexity index is 597. The molecule has 0 bridgehead atoms. The zero-order chi connectivity index (χ0) is 13.7. The first-order chi connectivity index (χ1) is 9.20. The average Bonchev–Trinajstić information content (AvgIpc) is 2.46. The molecule has 0 saturated heterocycles. The summed E-state index contributed by atoms with van der Waals surface area (Å²) < 4.78 is 0.825. The number of benzene rings is 2. The lowest BCUT2D eigenvalue weighted by Crippen LogP contribution is -1.94. The Hall–Kier alpha value is -1.67. The van der Waals surface area contributed by atoms with Crippen molar-refractivity contribution in [1.82, 2.24) is 0 Å². The minimum atomic E-state index is 0.00652. The predicted octanol–water partition coefficient (Wildman–Crippen LogP) is 4.91. The molecule has 0 atom stereocenters. The Morgan fingerprint density at radius 1 is 1.11 bits per heavy atom. The van der Waals surface area contributed by atoms with Crippen LogP contribution in [-0.4, -0.2) is 5.78 Å². The highest BCUT2D eigenvalue weighted by Gasteiger charge is 2.05. The number of carbonyl (C=O) groups is 1. The van der Waals surface area contributed by atoms with Crippen molar-refractivity contribution < 1.29 is 4.79 Å². The van der Waals surface area contributed by atoms with E-state index in [9.17, 15) is 4.79 Å². The molecule has 1 nitrogen and oxygen atoms in total. The van der Waals surface area contributed by atoms with Crippen molar-refractivity contribution in [2.24, 2.45) is 0 Å². The van der Waals surface area contributed by atoms with Crippen molar-refractivity contribution >= 4 is 27.8 Å². The van der Waals surface area contributed by atoms with E-state index >= 15 is 0 Å². The van der Waals surface area contributed by atoms with Crippen molar-refractivity contribution in [3.8, 4) is 0 Å². The third-order valence-electron chi connectivity index (χ3n) is 2.95. The molecule has 0 spiro atoms. The number of ketones is 1. The highest BCUT2D eigenvalue weighted by Crippen LogP contribution is 2.17. The molecular weight excluding hydrogens is 300 g/mol. The summed E-state index contributed by atoms with van der Waals surface area (Å²) in [5.74, 6) is 0.00652. The Morgan fingerprint density at radius 2 is 1.79 bits per heavy atom. The van der Waals surface area contributed by atoms with Crippen LogP contribution in [0.5, 0.6) is 0 Å². The summed E-state index contributed by atoms with van der Waals surface area (Å²) in [6, 6.07) is 15.7. The molecule has 2 rings (SSSR count). The first-order valence-electron chi connectivity index (χ1n) is 6.26. The minimum Gasteiger partial charge on any atom is -0.289 e. The zero-order valence-corrected chi connectivity index (χ0v) is 12.4. The summed E-state index contributed by atoms with van der Waals surface area (Å²) in [4.78, 5) is 12.0. The molecule has 0 unspecified atom stereocenters. The lowest BCUT2D eigenvalue weighted by atomic mass is 10.1. The van der Waals surface area contributed by atoms with Gasteiger partial charge in [-0.25, -0.2) is 0 Å². The monoisotopic (exact) mass is 314 g/mol. The normalized spacial score (nSPS) is 10.8. The molecule has 0 saturated carbocycles. The van der Waals surface area contributed by atoms with Gasteiger partial charge in [0.15, 0.2) is 5.78 Å². The molecule has 0 N–H and O–H groups in total. The molecule has 0 aliphatic rings. The Labute approximate surface area is 122 Å². The first-order valence-corrected chi connectivity index (χ1v) is 7.06. The van der Waals surface area contributed by atoms with Crippen molar-refractivity contribution in [2.75, 3.05) is 0 Å². The average molecular weight is 315 g/mol. The van der Waals surface area contributed by atoms with Crippen molar-refractivity contribution in [3.63, 3.8) is 0 Å². The van der Waals surface area contributed by atoms with Crippen LogP contribution >= 0.6 is 15.9 Å². The number of halogens is 1. The van der Waals surface area contributed by atoms with Crippen molar-refractivity contribution in [1.29, 1.82) is 0 Å². The van der Waals surface area contributed by atoms with Crippen molar-refractivity contribution in [3.05, 3.63) is 75.8 Å². The summed E-state index contributed by atoms with van der Waals surface area (Å²) in [6.45, 7) is 2.13. The molecule has 2 heteroatoms. The van der Waals surface area contributed by atoms with Crippen LogP contribution in [0.4, 0.5) is 0 Å². The van der Waals surface area contributed by atoms with E-state index in [1.54, 1.807) is 6.08 Å². The standard InChI is InChI=1S/C17H15BrO/c1-2-13-7-9-14(10-8-13)11-12-17(19)15-5-3-4-6-16(15)18/h3-12H,2H2,1H3/b12-11+. The lowest BCUT2D eigenvalue weighted by Gasteiger charge is -1.99. The van der Waals surface area contributed by atoms with Gasteiger partial charge in [-0.3, -0.25) is 4.79 Å². The molecule has 0 aliphatic carbocycles. The second-order valence-corrected chi connectivity index (χ2v) is 5.13. The highest BCUT2D eigenvalue weighted by atomic mass is 79.9. The molecule has 0 heterocycles. The van der Waals surface area contributed by atoms with E-state index in [0.717, 1.165) is 16.5 Å². The zero-order valence-electron chi connectivity index (χ0n) is 10.8. The lowest BCUT2D eigenvalue weighted by molar-refractivity contribution is 0.104.